The van der Waals surface area contributed by atoms with Crippen LogP contribution in [0.25, 0.3) is 0 Å². The van der Waals surface area contributed by atoms with Crippen LogP contribution in [-0.2, 0) is 0 Å². The van der Waals surface area contributed by atoms with Crippen molar-refractivity contribution < 1.29 is 14.1 Å². The van der Waals surface area contributed by atoms with Gasteiger partial charge >= 0.3 is 6.01 Å². The molecule has 1 amide bonds. The van der Waals surface area contributed by atoms with Gasteiger partial charge in [-0.15, -0.1) is 0 Å². The highest BCUT2D eigenvalue weighted by molar-refractivity contribution is 5.94. The van der Waals surface area contributed by atoms with Crippen LogP contribution in [0.4, 0.5) is 0 Å². The maximum absolute atomic E-state index is 12.2. The van der Waals surface area contributed by atoms with Gasteiger partial charge in [0, 0.05) is 17.4 Å². The smallest absolute Gasteiger partial charge is 0.317 e. The van der Waals surface area contributed by atoms with E-state index in [-0.39, 0.29) is 18.1 Å². The van der Waals surface area contributed by atoms with E-state index in [0.717, 1.165) is 37.1 Å². The molecule has 1 aliphatic carbocycles. The van der Waals surface area contributed by atoms with Gasteiger partial charge in [0.25, 0.3) is 5.91 Å². The fourth-order valence-corrected chi connectivity index (χ4v) is 3.00. The summed E-state index contributed by atoms with van der Waals surface area (Å²) in [5.74, 6) is 0.409. The Hall–Kier alpha value is -2.44. The lowest BCUT2D eigenvalue weighted by atomic mass is 9.93. The van der Waals surface area contributed by atoms with E-state index in [1.807, 2.05) is 19.9 Å². The van der Waals surface area contributed by atoms with Crippen LogP contribution in [0.5, 0.6) is 6.01 Å². The number of amides is 1. The predicted octanol–water partition coefficient (Wildman–Crippen LogP) is 2.51. The van der Waals surface area contributed by atoms with Crippen LogP contribution in [0.3, 0.4) is 0 Å². The molecule has 0 spiro atoms. The van der Waals surface area contributed by atoms with Crippen molar-refractivity contribution in [2.24, 2.45) is 0 Å². The number of rotatable bonds is 4. The highest BCUT2D eigenvalue weighted by Crippen LogP contribution is 2.23. The van der Waals surface area contributed by atoms with Gasteiger partial charge in [0.2, 0.25) is 0 Å². The number of aromatic nitrogens is 3. The molecular weight excluding hydrogens is 308 g/mol. The molecule has 1 aliphatic rings. The summed E-state index contributed by atoms with van der Waals surface area (Å²) in [5, 5.41) is 6.68. The standard InChI is InChI=1S/C17H22N4O3/c1-10-8-11(2)20-17(19-10)23-14-6-4-13(5-7-14)21-16(22)15-9-18-24-12(15)3/h8-9,13-14H,4-7H2,1-3H3,(H,21,22). The van der Waals surface area contributed by atoms with Crippen LogP contribution < -0.4 is 10.1 Å². The maximum Gasteiger partial charge on any atom is 0.317 e. The number of carbonyl (C=O) groups is 1. The van der Waals surface area contributed by atoms with E-state index < -0.39 is 0 Å². The van der Waals surface area contributed by atoms with Crippen LogP contribution in [0.2, 0.25) is 0 Å². The Morgan fingerprint density at radius 2 is 1.83 bits per heavy atom. The Morgan fingerprint density at radius 1 is 1.17 bits per heavy atom. The Balaban J connectivity index is 1.50. The molecule has 0 saturated heterocycles. The second-order valence-corrected chi connectivity index (χ2v) is 6.29. The molecule has 1 fully saturated rings. The van der Waals surface area contributed by atoms with Crippen LogP contribution in [0.15, 0.2) is 16.8 Å². The minimum atomic E-state index is -0.129. The predicted molar refractivity (Wildman–Crippen MR) is 86.9 cm³/mol. The van der Waals surface area contributed by atoms with E-state index in [9.17, 15) is 4.79 Å². The molecule has 3 rings (SSSR count). The van der Waals surface area contributed by atoms with Crippen molar-refractivity contribution in [2.45, 2.75) is 58.6 Å². The number of nitrogens with zero attached hydrogens (tertiary/aromatic N) is 3. The minimum Gasteiger partial charge on any atom is -0.460 e. The van der Waals surface area contributed by atoms with Gasteiger partial charge in [0.05, 0.1) is 6.20 Å². The molecule has 7 heteroatoms. The number of hydrogen-bond donors (Lipinski definition) is 1. The van der Waals surface area contributed by atoms with E-state index in [0.29, 0.717) is 17.3 Å². The fourth-order valence-electron chi connectivity index (χ4n) is 3.00. The van der Waals surface area contributed by atoms with Crippen molar-refractivity contribution in [3.05, 3.63) is 35.0 Å². The second-order valence-electron chi connectivity index (χ2n) is 6.29. The average Bonchev–Trinajstić information content (AvgIpc) is 2.94. The summed E-state index contributed by atoms with van der Waals surface area (Å²) in [6.07, 6.45) is 5.01. The van der Waals surface area contributed by atoms with Gasteiger partial charge in [-0.3, -0.25) is 4.79 Å². The molecule has 2 aromatic rings. The third-order valence-electron chi connectivity index (χ3n) is 4.24. The molecule has 24 heavy (non-hydrogen) atoms. The number of aryl methyl sites for hydroxylation is 3. The van der Waals surface area contributed by atoms with Gasteiger partial charge in [-0.1, -0.05) is 5.16 Å². The van der Waals surface area contributed by atoms with Crippen LogP contribution in [-0.4, -0.2) is 33.2 Å². The molecule has 2 heterocycles. The molecule has 0 atom stereocenters. The van der Waals surface area contributed by atoms with E-state index in [4.69, 9.17) is 9.26 Å². The highest BCUT2D eigenvalue weighted by atomic mass is 16.5. The van der Waals surface area contributed by atoms with Crippen LogP contribution in [0, 0.1) is 20.8 Å². The largest absolute Gasteiger partial charge is 0.460 e. The first-order chi connectivity index (χ1) is 11.5. The first-order valence-electron chi connectivity index (χ1n) is 8.22. The lowest BCUT2D eigenvalue weighted by molar-refractivity contribution is 0.0883. The molecule has 1 saturated carbocycles. The Labute approximate surface area is 140 Å². The molecule has 0 aromatic carbocycles. The van der Waals surface area contributed by atoms with Gasteiger partial charge in [-0.2, -0.15) is 0 Å². The molecule has 0 aliphatic heterocycles. The quantitative estimate of drug-likeness (QED) is 0.926. The molecule has 1 N–H and O–H groups in total. The molecule has 0 radical (unpaired) electrons. The van der Waals surface area contributed by atoms with E-state index in [2.05, 4.69) is 20.4 Å². The summed E-state index contributed by atoms with van der Waals surface area (Å²) >= 11 is 0. The minimum absolute atomic E-state index is 0.0941. The summed E-state index contributed by atoms with van der Waals surface area (Å²) in [6, 6.07) is 2.51. The average molecular weight is 330 g/mol. The van der Waals surface area contributed by atoms with Crippen molar-refractivity contribution in [3.63, 3.8) is 0 Å². The maximum atomic E-state index is 12.2. The van der Waals surface area contributed by atoms with E-state index >= 15 is 0 Å². The zero-order chi connectivity index (χ0) is 17.1. The molecule has 2 aromatic heterocycles. The van der Waals surface area contributed by atoms with Crippen LogP contribution >= 0.6 is 0 Å². The van der Waals surface area contributed by atoms with E-state index in [1.165, 1.54) is 6.20 Å². The third-order valence-corrected chi connectivity index (χ3v) is 4.24. The monoisotopic (exact) mass is 330 g/mol. The molecular formula is C17H22N4O3. The topological polar surface area (TPSA) is 90.1 Å². The zero-order valence-electron chi connectivity index (χ0n) is 14.2. The summed E-state index contributed by atoms with van der Waals surface area (Å²) in [5.41, 5.74) is 2.31. The lowest BCUT2D eigenvalue weighted by Gasteiger charge is -2.28. The summed E-state index contributed by atoms with van der Waals surface area (Å²) in [6.45, 7) is 5.60. The number of carbonyl (C=O) groups excluding carboxylic acids is 1. The molecule has 7 nitrogen and oxygen atoms in total. The van der Waals surface area contributed by atoms with Crippen molar-refractivity contribution in [2.75, 3.05) is 0 Å². The SMILES string of the molecule is Cc1cc(C)nc(OC2CCC(NC(=O)c3cnoc3C)CC2)n1. The normalized spacial score (nSPS) is 20.6. The summed E-state index contributed by atoms with van der Waals surface area (Å²) < 4.78 is 10.8. The zero-order valence-corrected chi connectivity index (χ0v) is 14.2. The summed E-state index contributed by atoms with van der Waals surface area (Å²) in [4.78, 5) is 20.8. The van der Waals surface area contributed by atoms with Gasteiger partial charge in [-0.05, 0) is 52.5 Å². The fraction of sp³-hybridized carbons (Fsp3) is 0.529. The van der Waals surface area contributed by atoms with Crippen LogP contribution in [0.1, 0.15) is 53.2 Å². The number of nitrogens with one attached hydrogen (secondary N) is 1. The van der Waals surface area contributed by atoms with Crippen molar-refractivity contribution >= 4 is 5.91 Å². The van der Waals surface area contributed by atoms with E-state index in [1.54, 1.807) is 6.92 Å². The number of ether oxygens (including phenoxy) is 1. The van der Waals surface area contributed by atoms with Crippen molar-refractivity contribution in [1.82, 2.24) is 20.4 Å². The van der Waals surface area contributed by atoms with Gasteiger partial charge in [0.15, 0.2) is 0 Å². The highest BCUT2D eigenvalue weighted by Gasteiger charge is 2.25. The molecule has 128 valence electrons. The first kappa shape index (κ1) is 16.4. The van der Waals surface area contributed by atoms with Gasteiger partial charge < -0.3 is 14.6 Å². The second kappa shape index (κ2) is 6.98. The Morgan fingerprint density at radius 3 is 2.42 bits per heavy atom. The van der Waals surface area contributed by atoms with Gasteiger partial charge in [0.1, 0.15) is 17.4 Å². The molecule has 0 unspecified atom stereocenters. The van der Waals surface area contributed by atoms with Crippen molar-refractivity contribution in [3.8, 4) is 6.01 Å². The number of hydrogen-bond acceptors (Lipinski definition) is 6. The van der Waals surface area contributed by atoms with Crippen molar-refractivity contribution in [1.29, 1.82) is 0 Å². The van der Waals surface area contributed by atoms with Gasteiger partial charge in [-0.25, -0.2) is 9.97 Å². The lowest BCUT2D eigenvalue weighted by Crippen LogP contribution is -2.39. The Kier molecular flexibility index (Phi) is 4.78. The summed E-state index contributed by atoms with van der Waals surface area (Å²) in [7, 11) is 0. The Bertz CT molecular complexity index is 700. The third kappa shape index (κ3) is 3.90. The molecule has 0 bridgehead atoms. The first-order valence-corrected chi connectivity index (χ1v) is 8.22.